The van der Waals surface area contributed by atoms with Crippen LogP contribution in [0.25, 0.3) is 5.69 Å². The van der Waals surface area contributed by atoms with E-state index in [1.54, 1.807) is 36.4 Å². The number of rotatable bonds is 9. The topological polar surface area (TPSA) is 119 Å². The molecule has 3 rings (SSSR count). The van der Waals surface area contributed by atoms with Gasteiger partial charge in [0.1, 0.15) is 6.61 Å². The zero-order valence-electron chi connectivity index (χ0n) is 18.2. The van der Waals surface area contributed by atoms with Crippen molar-refractivity contribution >= 4 is 27.3 Å². The monoisotopic (exact) mass is 458 g/mol. The summed E-state index contributed by atoms with van der Waals surface area (Å²) in [6, 6.07) is 14.4. The number of hydrogen-bond donors (Lipinski definition) is 1. The molecule has 2 aromatic carbocycles. The van der Waals surface area contributed by atoms with E-state index in [2.05, 4.69) is 39.6 Å². The third-order valence-corrected chi connectivity index (χ3v) is 6.40. The molecule has 10 nitrogen and oxygen atoms in total. The van der Waals surface area contributed by atoms with Crippen LogP contribution in [0.3, 0.4) is 0 Å². The summed E-state index contributed by atoms with van der Waals surface area (Å²) in [6.07, 6.45) is -0.735. The average Bonchev–Trinajstić information content (AvgIpc) is 3.28. The normalized spacial score (nSPS) is 11.2. The number of carbonyl (C=O) groups is 1. The van der Waals surface area contributed by atoms with E-state index in [1.807, 2.05) is 19.1 Å². The Kier molecular flexibility index (Phi) is 7.41. The molecule has 170 valence electrons. The van der Waals surface area contributed by atoms with Gasteiger partial charge in [-0.25, -0.2) is 13.2 Å². The summed E-state index contributed by atoms with van der Waals surface area (Å²) in [5.74, 6) is -0.451. The number of benzene rings is 2. The number of ether oxygens (including phenoxy) is 1. The molecular weight excluding hydrogens is 432 g/mol. The van der Waals surface area contributed by atoms with E-state index >= 15 is 0 Å². The summed E-state index contributed by atoms with van der Waals surface area (Å²) in [6.45, 7) is 7.46. The Hall–Kier alpha value is -3.47. The van der Waals surface area contributed by atoms with Gasteiger partial charge in [-0.3, -0.25) is 5.32 Å². The van der Waals surface area contributed by atoms with Gasteiger partial charge < -0.3 is 9.64 Å². The minimum atomic E-state index is -3.88. The number of aromatic nitrogens is 4. The van der Waals surface area contributed by atoms with E-state index < -0.39 is 21.7 Å². The number of sulfone groups is 1. The molecular formula is C21H26N6O4S. The van der Waals surface area contributed by atoms with E-state index in [-0.39, 0.29) is 11.8 Å². The van der Waals surface area contributed by atoms with Crippen molar-refractivity contribution in [3.8, 4) is 5.69 Å². The number of nitrogens with one attached hydrogen (secondary N) is 1. The first-order valence-corrected chi connectivity index (χ1v) is 11.9. The van der Waals surface area contributed by atoms with E-state index in [4.69, 9.17) is 4.74 Å². The number of carbonyl (C=O) groups excluding carboxylic acids is 1. The summed E-state index contributed by atoms with van der Waals surface area (Å²) in [4.78, 5) is 14.4. The molecule has 0 aliphatic carbocycles. The van der Waals surface area contributed by atoms with E-state index in [9.17, 15) is 13.2 Å². The number of tetrazole rings is 1. The Morgan fingerprint density at radius 3 is 2.50 bits per heavy atom. The Labute approximate surface area is 187 Å². The van der Waals surface area contributed by atoms with Gasteiger partial charge in [-0.05, 0) is 67.1 Å². The van der Waals surface area contributed by atoms with Crippen molar-refractivity contribution in [3.05, 3.63) is 54.1 Å². The number of aryl methyl sites for hydroxylation is 1. The third-order valence-electron chi connectivity index (χ3n) is 4.88. The number of amides is 1. The standard InChI is InChI=1S/C21H26N6O4S/c1-4-26(5-2)18-11-12-19(16(3)15-18)22-21(28)31-13-14-32(29,30)20-23-24-25-27(20)17-9-7-6-8-10-17/h6-12,15H,4-5,13-14H2,1-3H3,(H,22,28). The van der Waals surface area contributed by atoms with Crippen LogP contribution in [0.5, 0.6) is 0 Å². The van der Waals surface area contributed by atoms with Crippen molar-refractivity contribution in [1.29, 1.82) is 0 Å². The van der Waals surface area contributed by atoms with E-state index in [1.165, 1.54) is 0 Å². The molecule has 32 heavy (non-hydrogen) atoms. The predicted molar refractivity (Wildman–Crippen MR) is 121 cm³/mol. The fourth-order valence-corrected chi connectivity index (χ4v) is 4.21. The molecule has 1 aromatic heterocycles. The smallest absolute Gasteiger partial charge is 0.411 e. The highest BCUT2D eigenvalue weighted by Gasteiger charge is 2.24. The Balaban J connectivity index is 1.59. The molecule has 3 aromatic rings. The molecule has 0 atom stereocenters. The van der Waals surface area contributed by atoms with Gasteiger partial charge in [0, 0.05) is 24.5 Å². The van der Waals surface area contributed by atoms with Gasteiger partial charge in [-0.15, -0.1) is 0 Å². The Morgan fingerprint density at radius 1 is 1.12 bits per heavy atom. The van der Waals surface area contributed by atoms with Crippen LogP contribution in [-0.4, -0.2) is 60.2 Å². The molecule has 0 saturated carbocycles. The van der Waals surface area contributed by atoms with Crippen LogP contribution in [0.2, 0.25) is 0 Å². The number of hydrogen-bond acceptors (Lipinski definition) is 8. The second kappa shape index (κ2) is 10.2. The van der Waals surface area contributed by atoms with Crippen LogP contribution in [0.1, 0.15) is 19.4 Å². The third kappa shape index (κ3) is 5.41. The van der Waals surface area contributed by atoms with Gasteiger partial charge in [0.2, 0.25) is 9.84 Å². The van der Waals surface area contributed by atoms with Crippen LogP contribution < -0.4 is 10.2 Å². The number of para-hydroxylation sites is 1. The van der Waals surface area contributed by atoms with Gasteiger partial charge in [-0.1, -0.05) is 23.3 Å². The highest BCUT2D eigenvalue weighted by Crippen LogP contribution is 2.23. The SMILES string of the molecule is CCN(CC)c1ccc(NC(=O)OCCS(=O)(=O)c2nnnn2-c2ccccc2)c(C)c1. The largest absolute Gasteiger partial charge is 0.448 e. The number of anilines is 2. The molecule has 0 bridgehead atoms. The quantitative estimate of drug-likeness (QED) is 0.520. The summed E-state index contributed by atoms with van der Waals surface area (Å²) in [5.41, 5.74) is 3.05. The maximum Gasteiger partial charge on any atom is 0.411 e. The lowest BCUT2D eigenvalue weighted by atomic mass is 10.1. The molecule has 1 heterocycles. The van der Waals surface area contributed by atoms with Crippen LogP contribution in [0.4, 0.5) is 16.2 Å². The molecule has 0 fully saturated rings. The summed E-state index contributed by atoms with van der Waals surface area (Å²) < 4.78 is 31.5. The maximum absolute atomic E-state index is 12.7. The van der Waals surface area contributed by atoms with Gasteiger partial charge >= 0.3 is 6.09 Å². The molecule has 0 unspecified atom stereocenters. The van der Waals surface area contributed by atoms with Crippen molar-refractivity contribution in [2.24, 2.45) is 0 Å². The zero-order chi connectivity index (χ0) is 23.1. The first-order chi connectivity index (χ1) is 15.4. The summed E-state index contributed by atoms with van der Waals surface area (Å²) in [7, 11) is -3.88. The van der Waals surface area contributed by atoms with Crippen molar-refractivity contribution in [2.45, 2.75) is 25.9 Å². The Bertz CT molecular complexity index is 1160. The van der Waals surface area contributed by atoms with Gasteiger partial charge in [0.25, 0.3) is 5.16 Å². The van der Waals surface area contributed by atoms with E-state index in [0.29, 0.717) is 11.4 Å². The second-order valence-electron chi connectivity index (χ2n) is 6.96. The highest BCUT2D eigenvalue weighted by atomic mass is 32.2. The summed E-state index contributed by atoms with van der Waals surface area (Å²) >= 11 is 0. The van der Waals surface area contributed by atoms with Gasteiger partial charge in [0.15, 0.2) is 0 Å². The van der Waals surface area contributed by atoms with Crippen LogP contribution in [0, 0.1) is 6.92 Å². The fraction of sp³-hybridized carbons (Fsp3) is 0.333. The van der Waals surface area contributed by atoms with Crippen LogP contribution >= 0.6 is 0 Å². The minimum Gasteiger partial charge on any atom is -0.448 e. The molecule has 0 radical (unpaired) electrons. The van der Waals surface area contributed by atoms with Gasteiger partial charge in [-0.2, -0.15) is 4.68 Å². The predicted octanol–water partition coefficient (Wildman–Crippen LogP) is 2.84. The van der Waals surface area contributed by atoms with Crippen molar-refractivity contribution in [1.82, 2.24) is 20.2 Å². The lowest BCUT2D eigenvalue weighted by Crippen LogP contribution is -2.23. The second-order valence-corrected chi connectivity index (χ2v) is 8.96. The average molecular weight is 459 g/mol. The van der Waals surface area contributed by atoms with Crippen LogP contribution in [0.15, 0.2) is 53.7 Å². The first-order valence-electron chi connectivity index (χ1n) is 10.2. The van der Waals surface area contributed by atoms with Crippen molar-refractivity contribution in [2.75, 3.05) is 35.7 Å². The maximum atomic E-state index is 12.7. The zero-order valence-corrected chi connectivity index (χ0v) is 19.0. The Morgan fingerprint density at radius 2 is 1.84 bits per heavy atom. The number of nitrogens with zero attached hydrogens (tertiary/aromatic N) is 5. The molecule has 1 N–H and O–H groups in total. The van der Waals surface area contributed by atoms with E-state index in [0.717, 1.165) is 29.0 Å². The molecule has 0 aliphatic rings. The highest BCUT2D eigenvalue weighted by molar-refractivity contribution is 7.91. The van der Waals surface area contributed by atoms with Crippen molar-refractivity contribution < 1.29 is 17.9 Å². The minimum absolute atomic E-state index is 0.310. The molecule has 1 amide bonds. The molecule has 0 saturated heterocycles. The molecule has 11 heteroatoms. The van der Waals surface area contributed by atoms with Crippen LogP contribution in [-0.2, 0) is 14.6 Å². The molecule has 0 spiro atoms. The molecule has 0 aliphatic heterocycles. The van der Waals surface area contributed by atoms with Crippen molar-refractivity contribution in [3.63, 3.8) is 0 Å². The first kappa shape index (κ1) is 23.2. The lowest BCUT2D eigenvalue weighted by Gasteiger charge is -2.22. The fourth-order valence-electron chi connectivity index (χ4n) is 3.16. The van der Waals surface area contributed by atoms with Gasteiger partial charge in [0.05, 0.1) is 11.4 Å². The lowest BCUT2D eigenvalue weighted by molar-refractivity contribution is 0.168. The summed E-state index contributed by atoms with van der Waals surface area (Å²) in [5, 5.41) is 13.2.